The Labute approximate surface area is 119 Å². The zero-order valence-electron chi connectivity index (χ0n) is 12.1. The molecule has 4 nitrogen and oxygen atoms in total. The maximum absolute atomic E-state index is 11.9. The van der Waals surface area contributed by atoms with Crippen molar-refractivity contribution in [3.05, 3.63) is 29.8 Å². The van der Waals surface area contributed by atoms with E-state index in [1.165, 1.54) is 0 Å². The van der Waals surface area contributed by atoms with E-state index in [-0.39, 0.29) is 23.6 Å². The largest absolute Gasteiger partial charge is 0.487 e. The van der Waals surface area contributed by atoms with Gasteiger partial charge in [0.2, 0.25) is 5.91 Å². The SMILES string of the molecule is CC1(C)CC(NC2CCCNC2=O)c2ccccc2O1. The van der Waals surface area contributed by atoms with E-state index in [9.17, 15) is 4.79 Å². The third-order valence-corrected chi connectivity index (χ3v) is 4.06. The minimum absolute atomic E-state index is 0.0873. The van der Waals surface area contributed by atoms with E-state index in [1.807, 2.05) is 18.2 Å². The molecule has 0 saturated carbocycles. The number of carbonyl (C=O) groups excluding carboxylic acids is 1. The van der Waals surface area contributed by atoms with Crippen molar-refractivity contribution in [3.63, 3.8) is 0 Å². The number of fused-ring (bicyclic) bond motifs is 1. The van der Waals surface area contributed by atoms with E-state index < -0.39 is 0 Å². The summed E-state index contributed by atoms with van der Waals surface area (Å²) in [4.78, 5) is 11.9. The fourth-order valence-corrected chi connectivity index (χ4v) is 3.12. The van der Waals surface area contributed by atoms with Gasteiger partial charge in [0.15, 0.2) is 0 Å². The first-order valence-corrected chi connectivity index (χ1v) is 7.37. The van der Waals surface area contributed by atoms with Crippen LogP contribution in [0.5, 0.6) is 5.75 Å². The second-order valence-electron chi connectivity index (χ2n) is 6.31. The van der Waals surface area contributed by atoms with E-state index in [0.29, 0.717) is 0 Å². The van der Waals surface area contributed by atoms with Crippen LogP contribution in [0.1, 0.15) is 44.7 Å². The second kappa shape index (κ2) is 5.09. The normalized spacial score (nSPS) is 28.2. The zero-order valence-corrected chi connectivity index (χ0v) is 12.1. The standard InChI is InChI=1S/C16H22N2O2/c1-16(2)10-13(11-6-3-4-8-14(11)20-16)18-12-7-5-9-17-15(12)19/h3-4,6,8,12-13,18H,5,7,9-10H2,1-2H3,(H,17,19). The van der Waals surface area contributed by atoms with Crippen LogP contribution >= 0.6 is 0 Å². The highest BCUT2D eigenvalue weighted by Crippen LogP contribution is 2.39. The predicted octanol–water partition coefficient (Wildman–Crippen LogP) is 2.16. The summed E-state index contributed by atoms with van der Waals surface area (Å²) in [5.41, 5.74) is 0.946. The summed E-state index contributed by atoms with van der Waals surface area (Å²) in [5, 5.41) is 6.46. The monoisotopic (exact) mass is 274 g/mol. The molecule has 1 amide bonds. The Balaban J connectivity index is 1.83. The van der Waals surface area contributed by atoms with Crippen LogP contribution in [0.25, 0.3) is 0 Å². The molecule has 4 heteroatoms. The van der Waals surface area contributed by atoms with Crippen LogP contribution in [0, 0.1) is 0 Å². The number of rotatable bonds is 2. The van der Waals surface area contributed by atoms with Gasteiger partial charge in [0.05, 0.1) is 6.04 Å². The number of para-hydroxylation sites is 1. The van der Waals surface area contributed by atoms with Crippen molar-refractivity contribution in [2.45, 2.75) is 50.8 Å². The van der Waals surface area contributed by atoms with E-state index in [4.69, 9.17) is 4.74 Å². The molecule has 20 heavy (non-hydrogen) atoms. The number of hydrogen-bond donors (Lipinski definition) is 2. The second-order valence-corrected chi connectivity index (χ2v) is 6.31. The summed E-state index contributed by atoms with van der Waals surface area (Å²) in [7, 11) is 0. The van der Waals surface area contributed by atoms with Gasteiger partial charge in [0.25, 0.3) is 0 Å². The maximum Gasteiger partial charge on any atom is 0.237 e. The van der Waals surface area contributed by atoms with Crippen molar-refractivity contribution in [1.82, 2.24) is 10.6 Å². The predicted molar refractivity (Wildman–Crippen MR) is 77.7 cm³/mol. The van der Waals surface area contributed by atoms with Crippen molar-refractivity contribution in [1.29, 1.82) is 0 Å². The van der Waals surface area contributed by atoms with Crippen molar-refractivity contribution in [3.8, 4) is 5.75 Å². The number of nitrogens with one attached hydrogen (secondary N) is 2. The molecule has 1 aromatic carbocycles. The quantitative estimate of drug-likeness (QED) is 0.869. The molecular weight excluding hydrogens is 252 g/mol. The van der Waals surface area contributed by atoms with E-state index in [1.54, 1.807) is 0 Å². The molecule has 2 unspecified atom stereocenters. The highest BCUT2D eigenvalue weighted by molar-refractivity contribution is 5.82. The Hall–Kier alpha value is -1.55. The molecule has 2 aliphatic heterocycles. The molecule has 2 atom stereocenters. The number of ether oxygens (including phenoxy) is 1. The lowest BCUT2D eigenvalue weighted by molar-refractivity contribution is -0.125. The summed E-state index contributed by atoms with van der Waals surface area (Å²) >= 11 is 0. The van der Waals surface area contributed by atoms with Gasteiger partial charge in [-0.2, -0.15) is 0 Å². The zero-order chi connectivity index (χ0) is 14.2. The summed E-state index contributed by atoms with van der Waals surface area (Å²) in [5.74, 6) is 1.05. The Morgan fingerprint density at radius 2 is 2.10 bits per heavy atom. The lowest BCUT2D eigenvalue weighted by atomic mass is 9.88. The molecule has 0 aliphatic carbocycles. The first-order valence-electron chi connectivity index (χ1n) is 7.37. The van der Waals surface area contributed by atoms with Crippen LogP contribution in [-0.2, 0) is 4.79 Å². The summed E-state index contributed by atoms with van der Waals surface area (Å²) in [6, 6.07) is 8.19. The van der Waals surface area contributed by atoms with Crippen molar-refractivity contribution >= 4 is 5.91 Å². The van der Waals surface area contributed by atoms with Crippen LogP contribution in [0.15, 0.2) is 24.3 Å². The summed E-state index contributed by atoms with van der Waals surface area (Å²) in [6.07, 6.45) is 2.82. The highest BCUT2D eigenvalue weighted by atomic mass is 16.5. The molecule has 108 valence electrons. The molecular formula is C16H22N2O2. The van der Waals surface area contributed by atoms with Crippen LogP contribution in [0.3, 0.4) is 0 Å². The van der Waals surface area contributed by atoms with Crippen molar-refractivity contribution < 1.29 is 9.53 Å². The lowest BCUT2D eigenvalue weighted by Gasteiger charge is -2.39. The molecule has 2 heterocycles. The van der Waals surface area contributed by atoms with Gasteiger partial charge >= 0.3 is 0 Å². The van der Waals surface area contributed by atoms with Gasteiger partial charge in [0, 0.05) is 24.6 Å². The summed E-state index contributed by atoms with van der Waals surface area (Å²) in [6.45, 7) is 4.99. The van der Waals surface area contributed by atoms with Gasteiger partial charge in [-0.15, -0.1) is 0 Å². The lowest BCUT2D eigenvalue weighted by Crippen LogP contribution is -2.51. The van der Waals surface area contributed by atoms with E-state index in [2.05, 4.69) is 30.5 Å². The summed E-state index contributed by atoms with van der Waals surface area (Å²) < 4.78 is 6.02. The molecule has 0 radical (unpaired) electrons. The van der Waals surface area contributed by atoms with Crippen molar-refractivity contribution in [2.24, 2.45) is 0 Å². The Morgan fingerprint density at radius 3 is 2.90 bits per heavy atom. The third-order valence-electron chi connectivity index (χ3n) is 4.06. The highest BCUT2D eigenvalue weighted by Gasteiger charge is 2.35. The topological polar surface area (TPSA) is 50.4 Å². The molecule has 0 aromatic heterocycles. The van der Waals surface area contributed by atoms with Gasteiger partial charge < -0.3 is 10.1 Å². The minimum atomic E-state index is -0.211. The first-order chi connectivity index (χ1) is 9.55. The van der Waals surface area contributed by atoms with Crippen LogP contribution < -0.4 is 15.4 Å². The number of piperidine rings is 1. The Kier molecular flexibility index (Phi) is 3.42. The number of amides is 1. The number of carbonyl (C=O) groups is 1. The third kappa shape index (κ3) is 2.66. The molecule has 0 bridgehead atoms. The first kappa shape index (κ1) is 13.4. The van der Waals surface area contributed by atoms with Gasteiger partial charge in [-0.05, 0) is 32.8 Å². The maximum atomic E-state index is 11.9. The molecule has 1 fully saturated rings. The van der Waals surface area contributed by atoms with Crippen molar-refractivity contribution in [2.75, 3.05) is 6.54 Å². The fourth-order valence-electron chi connectivity index (χ4n) is 3.12. The van der Waals surface area contributed by atoms with Crippen LogP contribution in [0.2, 0.25) is 0 Å². The molecule has 2 N–H and O–H groups in total. The Bertz CT molecular complexity index is 513. The van der Waals surface area contributed by atoms with Crippen LogP contribution in [0.4, 0.5) is 0 Å². The number of benzene rings is 1. The van der Waals surface area contributed by atoms with Gasteiger partial charge in [-0.1, -0.05) is 18.2 Å². The molecule has 0 spiro atoms. The van der Waals surface area contributed by atoms with Gasteiger partial charge in [0.1, 0.15) is 11.4 Å². The molecule has 1 saturated heterocycles. The molecule has 3 rings (SSSR count). The average molecular weight is 274 g/mol. The number of hydrogen-bond acceptors (Lipinski definition) is 3. The minimum Gasteiger partial charge on any atom is -0.487 e. The smallest absolute Gasteiger partial charge is 0.237 e. The molecule has 2 aliphatic rings. The van der Waals surface area contributed by atoms with E-state index in [0.717, 1.165) is 37.1 Å². The molecule has 1 aromatic rings. The van der Waals surface area contributed by atoms with Gasteiger partial charge in [-0.3, -0.25) is 10.1 Å². The van der Waals surface area contributed by atoms with Gasteiger partial charge in [-0.25, -0.2) is 0 Å². The average Bonchev–Trinajstić information content (AvgIpc) is 2.40. The fraction of sp³-hybridized carbons (Fsp3) is 0.562. The Morgan fingerprint density at radius 1 is 1.30 bits per heavy atom. The van der Waals surface area contributed by atoms with Crippen LogP contribution in [-0.4, -0.2) is 24.1 Å². The van der Waals surface area contributed by atoms with E-state index >= 15 is 0 Å².